The predicted molar refractivity (Wildman–Crippen MR) is 79.5 cm³/mol. The Hall–Kier alpha value is -1.87. The van der Waals surface area contributed by atoms with Crippen LogP contribution in [0.5, 0.6) is 5.75 Å². The van der Waals surface area contributed by atoms with Crippen molar-refractivity contribution >= 4 is 0 Å². The average molecular weight is 273 g/mol. The van der Waals surface area contributed by atoms with Crippen molar-refractivity contribution in [3.63, 3.8) is 0 Å². The summed E-state index contributed by atoms with van der Waals surface area (Å²) in [5, 5.41) is 0. The minimum absolute atomic E-state index is 0.224. The molecule has 2 N–H and O–H groups in total. The summed E-state index contributed by atoms with van der Waals surface area (Å²) in [4.78, 5) is 0. The molecule has 2 rings (SSSR count). The quantitative estimate of drug-likeness (QED) is 0.918. The molecule has 0 aliphatic rings. The lowest BCUT2D eigenvalue weighted by molar-refractivity contribution is 0.287. The van der Waals surface area contributed by atoms with Crippen molar-refractivity contribution in [2.45, 2.75) is 26.8 Å². The van der Waals surface area contributed by atoms with Crippen molar-refractivity contribution in [3.8, 4) is 5.75 Å². The monoisotopic (exact) mass is 273 g/mol. The van der Waals surface area contributed by atoms with Crippen LogP contribution in [0.2, 0.25) is 0 Å². The van der Waals surface area contributed by atoms with Crippen LogP contribution < -0.4 is 10.5 Å². The van der Waals surface area contributed by atoms with E-state index in [0.29, 0.717) is 12.4 Å². The summed E-state index contributed by atoms with van der Waals surface area (Å²) < 4.78 is 18.8. The van der Waals surface area contributed by atoms with E-state index in [1.807, 2.05) is 26.0 Å². The molecule has 1 atom stereocenters. The van der Waals surface area contributed by atoms with E-state index in [-0.39, 0.29) is 11.9 Å². The summed E-state index contributed by atoms with van der Waals surface area (Å²) in [6.07, 6.45) is 0. The molecule has 0 spiro atoms. The topological polar surface area (TPSA) is 35.2 Å². The molecule has 0 radical (unpaired) electrons. The number of nitrogens with two attached hydrogens (primary N) is 1. The summed E-state index contributed by atoms with van der Waals surface area (Å²) in [6, 6.07) is 10.5. The molecule has 2 aromatic carbocycles. The second-order valence-electron chi connectivity index (χ2n) is 5.19. The highest BCUT2D eigenvalue weighted by molar-refractivity contribution is 5.34. The molecule has 0 aliphatic heterocycles. The highest BCUT2D eigenvalue weighted by atomic mass is 19.1. The second kappa shape index (κ2) is 6.06. The van der Waals surface area contributed by atoms with E-state index in [9.17, 15) is 4.39 Å². The Morgan fingerprint density at radius 3 is 2.50 bits per heavy atom. The fourth-order valence-corrected chi connectivity index (χ4v) is 2.24. The van der Waals surface area contributed by atoms with Gasteiger partial charge in [0.05, 0.1) is 6.04 Å². The average Bonchev–Trinajstić information content (AvgIpc) is 2.39. The van der Waals surface area contributed by atoms with Gasteiger partial charge in [-0.05, 0) is 43.5 Å². The van der Waals surface area contributed by atoms with Gasteiger partial charge in [0.25, 0.3) is 0 Å². The van der Waals surface area contributed by atoms with E-state index in [0.717, 1.165) is 16.7 Å². The largest absolute Gasteiger partial charge is 0.491 e. The first kappa shape index (κ1) is 14.5. The van der Waals surface area contributed by atoms with Gasteiger partial charge in [-0.2, -0.15) is 0 Å². The summed E-state index contributed by atoms with van der Waals surface area (Å²) in [7, 11) is 0. The molecule has 0 fully saturated rings. The number of aryl methyl sites for hydroxylation is 3. The third kappa shape index (κ3) is 3.36. The minimum Gasteiger partial charge on any atom is -0.491 e. The van der Waals surface area contributed by atoms with E-state index in [2.05, 4.69) is 13.0 Å². The molecule has 0 bridgehead atoms. The summed E-state index contributed by atoms with van der Waals surface area (Å²) in [5.41, 5.74) is 10.5. The smallest absolute Gasteiger partial charge is 0.126 e. The predicted octanol–water partition coefficient (Wildman–Crippen LogP) is 3.83. The van der Waals surface area contributed by atoms with Crippen LogP contribution in [0, 0.1) is 26.6 Å². The van der Waals surface area contributed by atoms with Crippen LogP contribution in [0.3, 0.4) is 0 Å². The number of halogens is 1. The molecule has 1 unspecified atom stereocenters. The Morgan fingerprint density at radius 1 is 1.05 bits per heavy atom. The normalized spacial score (nSPS) is 12.2. The Bertz CT molecular complexity index is 610. The maximum Gasteiger partial charge on any atom is 0.126 e. The van der Waals surface area contributed by atoms with Crippen LogP contribution >= 0.6 is 0 Å². The van der Waals surface area contributed by atoms with Gasteiger partial charge in [0, 0.05) is 6.07 Å². The second-order valence-corrected chi connectivity index (χ2v) is 5.19. The minimum atomic E-state index is -0.300. The van der Waals surface area contributed by atoms with Gasteiger partial charge >= 0.3 is 0 Å². The molecular weight excluding hydrogens is 253 g/mol. The Kier molecular flexibility index (Phi) is 4.40. The first-order valence-electron chi connectivity index (χ1n) is 6.69. The van der Waals surface area contributed by atoms with E-state index >= 15 is 0 Å². The number of benzene rings is 2. The zero-order valence-corrected chi connectivity index (χ0v) is 12.1. The van der Waals surface area contributed by atoms with E-state index in [1.165, 1.54) is 17.7 Å². The third-order valence-electron chi connectivity index (χ3n) is 3.39. The molecule has 0 saturated heterocycles. The highest BCUT2D eigenvalue weighted by Crippen LogP contribution is 2.22. The van der Waals surface area contributed by atoms with Crippen molar-refractivity contribution in [3.05, 3.63) is 64.5 Å². The molecule has 2 nitrogen and oxygen atoms in total. The van der Waals surface area contributed by atoms with Crippen LogP contribution in [0.4, 0.5) is 4.39 Å². The van der Waals surface area contributed by atoms with Crippen molar-refractivity contribution in [2.75, 3.05) is 6.61 Å². The van der Waals surface area contributed by atoms with Gasteiger partial charge in [-0.1, -0.05) is 29.8 Å². The molecular formula is C17H20FNO. The zero-order chi connectivity index (χ0) is 14.7. The van der Waals surface area contributed by atoms with Gasteiger partial charge in [-0.3, -0.25) is 0 Å². The number of ether oxygens (including phenoxy) is 1. The fourth-order valence-electron chi connectivity index (χ4n) is 2.24. The Balaban J connectivity index is 2.08. The lowest BCUT2D eigenvalue weighted by Crippen LogP contribution is -2.20. The zero-order valence-electron chi connectivity index (χ0n) is 12.1. The lowest BCUT2D eigenvalue weighted by atomic mass is 10.0. The summed E-state index contributed by atoms with van der Waals surface area (Å²) in [5.74, 6) is 0.246. The first-order valence-corrected chi connectivity index (χ1v) is 6.69. The van der Waals surface area contributed by atoms with E-state index < -0.39 is 0 Å². The van der Waals surface area contributed by atoms with Crippen molar-refractivity contribution in [2.24, 2.45) is 5.73 Å². The van der Waals surface area contributed by atoms with Gasteiger partial charge in [0.15, 0.2) is 0 Å². The van der Waals surface area contributed by atoms with Crippen molar-refractivity contribution in [1.29, 1.82) is 0 Å². The molecule has 0 saturated carbocycles. The van der Waals surface area contributed by atoms with Crippen LogP contribution in [0.1, 0.15) is 28.3 Å². The lowest BCUT2D eigenvalue weighted by Gasteiger charge is -2.17. The summed E-state index contributed by atoms with van der Waals surface area (Å²) in [6.45, 7) is 6.30. The maximum atomic E-state index is 13.2. The van der Waals surface area contributed by atoms with Gasteiger partial charge in [0.2, 0.25) is 0 Å². The Morgan fingerprint density at radius 2 is 1.80 bits per heavy atom. The Labute approximate surface area is 119 Å². The fraction of sp³-hybridized carbons (Fsp3) is 0.294. The highest BCUT2D eigenvalue weighted by Gasteiger charge is 2.11. The van der Waals surface area contributed by atoms with Gasteiger partial charge in [-0.15, -0.1) is 0 Å². The van der Waals surface area contributed by atoms with Gasteiger partial charge in [-0.25, -0.2) is 4.39 Å². The number of hydrogen-bond donors (Lipinski definition) is 1. The number of rotatable bonds is 4. The van der Waals surface area contributed by atoms with Crippen LogP contribution in [-0.2, 0) is 0 Å². The third-order valence-corrected chi connectivity index (χ3v) is 3.39. The van der Waals surface area contributed by atoms with E-state index in [1.54, 1.807) is 6.07 Å². The van der Waals surface area contributed by atoms with Crippen LogP contribution in [0.15, 0.2) is 36.4 Å². The maximum absolute atomic E-state index is 13.2. The van der Waals surface area contributed by atoms with E-state index in [4.69, 9.17) is 10.5 Å². The summed E-state index contributed by atoms with van der Waals surface area (Å²) >= 11 is 0. The molecule has 2 aromatic rings. The molecule has 0 heterocycles. The molecule has 20 heavy (non-hydrogen) atoms. The van der Waals surface area contributed by atoms with Crippen molar-refractivity contribution in [1.82, 2.24) is 0 Å². The van der Waals surface area contributed by atoms with Gasteiger partial charge < -0.3 is 10.5 Å². The number of hydrogen-bond acceptors (Lipinski definition) is 2. The van der Waals surface area contributed by atoms with Crippen molar-refractivity contribution < 1.29 is 9.13 Å². The molecule has 0 amide bonds. The molecule has 106 valence electrons. The van der Waals surface area contributed by atoms with Gasteiger partial charge in [0.1, 0.15) is 18.2 Å². The molecule has 0 aliphatic carbocycles. The van der Waals surface area contributed by atoms with Crippen LogP contribution in [-0.4, -0.2) is 6.61 Å². The molecule has 0 aromatic heterocycles. The molecule has 3 heteroatoms. The standard InChI is InChI=1S/C17H20FNO/c1-11-4-7-15(13(3)8-11)16(19)10-20-17-9-14(18)6-5-12(17)2/h4-9,16H,10,19H2,1-3H3. The van der Waals surface area contributed by atoms with Crippen LogP contribution in [0.25, 0.3) is 0 Å². The SMILES string of the molecule is Cc1ccc(C(N)COc2cc(F)ccc2C)c(C)c1. The first-order chi connectivity index (χ1) is 9.47.